The van der Waals surface area contributed by atoms with Crippen molar-refractivity contribution in [1.82, 2.24) is 4.90 Å². The Kier molecular flexibility index (Phi) is 6.80. The van der Waals surface area contributed by atoms with E-state index in [0.717, 1.165) is 31.6 Å². The Balaban J connectivity index is 1.27. The quantitative estimate of drug-likeness (QED) is 0.733. The van der Waals surface area contributed by atoms with Gasteiger partial charge in [-0.25, -0.2) is 8.42 Å². The van der Waals surface area contributed by atoms with Crippen LogP contribution < -0.4 is 9.62 Å². The summed E-state index contributed by atoms with van der Waals surface area (Å²) in [5, 5.41) is 0. The number of carbonyl (C=O) groups excluding carboxylic acids is 1. The van der Waals surface area contributed by atoms with Crippen molar-refractivity contribution < 1.29 is 22.7 Å². The maximum atomic E-state index is 12.5. The average Bonchev–Trinajstić information content (AvgIpc) is 3.29. The lowest BCUT2D eigenvalue weighted by Crippen LogP contribution is -2.44. The second kappa shape index (κ2) is 9.53. The monoisotopic (exact) mass is 437 g/mol. The van der Waals surface area contributed by atoms with Gasteiger partial charge < -0.3 is 19.3 Å². The highest BCUT2D eigenvalue weighted by atomic mass is 32.2. The number of likely N-dealkylation sites (tertiary alicyclic amines) is 1. The molecule has 0 aliphatic carbocycles. The van der Waals surface area contributed by atoms with E-state index in [1.54, 1.807) is 17.0 Å². The molecule has 0 bridgehead atoms. The Hall–Kier alpha value is -1.84. The maximum Gasteiger partial charge on any atom is 0.241 e. The van der Waals surface area contributed by atoms with Crippen LogP contribution in [0.25, 0.3) is 0 Å². The van der Waals surface area contributed by atoms with Gasteiger partial charge in [-0.15, -0.1) is 0 Å². The number of amides is 1. The van der Waals surface area contributed by atoms with Crippen LogP contribution in [0.3, 0.4) is 0 Å². The summed E-state index contributed by atoms with van der Waals surface area (Å²) < 4.78 is 38.6. The van der Waals surface area contributed by atoms with E-state index in [9.17, 15) is 13.2 Å². The molecular weight excluding hydrogens is 406 g/mol. The van der Waals surface area contributed by atoms with Crippen LogP contribution in [0.15, 0.2) is 24.3 Å². The van der Waals surface area contributed by atoms with Crippen LogP contribution in [0.4, 0.5) is 11.4 Å². The summed E-state index contributed by atoms with van der Waals surface area (Å²) >= 11 is 0. The minimum absolute atomic E-state index is 0.180. The van der Waals surface area contributed by atoms with Crippen LogP contribution >= 0.6 is 0 Å². The smallest absolute Gasteiger partial charge is 0.241 e. The third-order valence-electron chi connectivity index (χ3n) is 6.10. The molecule has 3 saturated heterocycles. The molecule has 1 aromatic carbocycles. The molecule has 4 rings (SSSR count). The van der Waals surface area contributed by atoms with E-state index in [0.29, 0.717) is 32.0 Å². The largest absolute Gasteiger partial charge is 0.372 e. The fraction of sp³-hybridized carbons (Fsp3) is 0.667. The van der Waals surface area contributed by atoms with E-state index in [2.05, 4.69) is 9.62 Å². The molecule has 0 radical (unpaired) electrons. The van der Waals surface area contributed by atoms with Crippen molar-refractivity contribution in [3.05, 3.63) is 24.3 Å². The number of hydrogen-bond acceptors (Lipinski definition) is 6. The molecule has 0 atom stereocenters. The van der Waals surface area contributed by atoms with Gasteiger partial charge >= 0.3 is 0 Å². The number of carbonyl (C=O) groups is 1. The van der Waals surface area contributed by atoms with Gasteiger partial charge in [0.2, 0.25) is 15.9 Å². The first-order valence-corrected chi connectivity index (χ1v) is 12.5. The number of rotatable bonds is 6. The normalized spacial score (nSPS) is 21.7. The summed E-state index contributed by atoms with van der Waals surface area (Å²) in [4.78, 5) is 16.5. The molecule has 9 heteroatoms. The summed E-state index contributed by atoms with van der Waals surface area (Å²) in [6, 6.07) is 7.39. The van der Waals surface area contributed by atoms with Crippen molar-refractivity contribution in [3.63, 3.8) is 0 Å². The zero-order valence-electron chi connectivity index (χ0n) is 17.3. The highest BCUT2D eigenvalue weighted by Gasteiger charge is 2.32. The van der Waals surface area contributed by atoms with E-state index in [1.165, 1.54) is 19.3 Å². The second-order valence-corrected chi connectivity index (χ2v) is 10.0. The Bertz CT molecular complexity index is 810. The fourth-order valence-electron chi connectivity index (χ4n) is 4.43. The van der Waals surface area contributed by atoms with Gasteiger partial charge in [-0.05, 0) is 56.4 Å². The lowest BCUT2D eigenvalue weighted by molar-refractivity contribution is -0.134. The Morgan fingerprint density at radius 3 is 2.23 bits per heavy atom. The van der Waals surface area contributed by atoms with Crippen molar-refractivity contribution in [3.8, 4) is 0 Å². The molecule has 3 heterocycles. The lowest BCUT2D eigenvalue weighted by Gasteiger charge is -2.33. The molecule has 3 fully saturated rings. The van der Waals surface area contributed by atoms with E-state index >= 15 is 0 Å². The average molecular weight is 438 g/mol. The zero-order valence-corrected chi connectivity index (χ0v) is 18.1. The minimum atomic E-state index is -3.75. The number of nitrogens with zero attached hydrogens (tertiary/aromatic N) is 2. The number of nitrogens with one attached hydrogen (secondary N) is 1. The molecule has 0 unspecified atom stereocenters. The van der Waals surface area contributed by atoms with E-state index in [-0.39, 0.29) is 18.1 Å². The first kappa shape index (κ1) is 21.4. The van der Waals surface area contributed by atoms with Crippen LogP contribution in [0.5, 0.6) is 0 Å². The van der Waals surface area contributed by atoms with Crippen LogP contribution in [0.1, 0.15) is 32.1 Å². The van der Waals surface area contributed by atoms with Gasteiger partial charge in [0.15, 0.2) is 6.29 Å². The number of hydrogen-bond donors (Lipinski definition) is 1. The third kappa shape index (κ3) is 5.44. The molecule has 0 saturated carbocycles. The zero-order chi connectivity index (χ0) is 21.0. The third-order valence-corrected chi connectivity index (χ3v) is 7.27. The summed E-state index contributed by atoms with van der Waals surface area (Å²) in [6.07, 6.45) is 5.00. The summed E-state index contributed by atoms with van der Waals surface area (Å²) in [6.45, 7) is 4.38. The fourth-order valence-corrected chi connectivity index (χ4v) is 5.51. The van der Waals surface area contributed by atoms with Crippen molar-refractivity contribution in [2.45, 2.75) is 38.4 Å². The molecule has 0 spiro atoms. The van der Waals surface area contributed by atoms with E-state index in [1.807, 2.05) is 12.1 Å². The number of ether oxygens (including phenoxy) is 2. The van der Waals surface area contributed by atoms with Gasteiger partial charge in [0.05, 0.1) is 13.2 Å². The summed E-state index contributed by atoms with van der Waals surface area (Å²) in [5.74, 6) is -0.633. The molecule has 8 nitrogen and oxygen atoms in total. The Labute approximate surface area is 178 Å². The van der Waals surface area contributed by atoms with Crippen LogP contribution in [0, 0.1) is 5.92 Å². The number of anilines is 2. The van der Waals surface area contributed by atoms with Gasteiger partial charge in [-0.1, -0.05) is 0 Å². The van der Waals surface area contributed by atoms with Crippen molar-refractivity contribution in [2.24, 2.45) is 5.92 Å². The first-order valence-electron chi connectivity index (χ1n) is 10.9. The molecule has 3 aliphatic rings. The number of piperidine rings is 2. The van der Waals surface area contributed by atoms with Gasteiger partial charge in [0.25, 0.3) is 0 Å². The molecule has 30 heavy (non-hydrogen) atoms. The maximum absolute atomic E-state index is 12.5. The van der Waals surface area contributed by atoms with E-state index in [4.69, 9.17) is 9.47 Å². The molecule has 1 aromatic rings. The summed E-state index contributed by atoms with van der Waals surface area (Å²) in [5.41, 5.74) is 1.59. The molecule has 166 valence electrons. The Morgan fingerprint density at radius 2 is 1.60 bits per heavy atom. The van der Waals surface area contributed by atoms with Crippen LogP contribution in [-0.4, -0.2) is 70.7 Å². The number of sulfonamides is 1. The van der Waals surface area contributed by atoms with Crippen molar-refractivity contribution in [1.29, 1.82) is 0 Å². The van der Waals surface area contributed by atoms with Gasteiger partial charge in [0.1, 0.15) is 5.75 Å². The van der Waals surface area contributed by atoms with Gasteiger partial charge in [-0.3, -0.25) is 9.52 Å². The van der Waals surface area contributed by atoms with Crippen molar-refractivity contribution >= 4 is 27.3 Å². The first-order chi connectivity index (χ1) is 14.5. The van der Waals surface area contributed by atoms with E-state index < -0.39 is 15.8 Å². The molecule has 0 aromatic heterocycles. The predicted molar refractivity (Wildman–Crippen MR) is 115 cm³/mol. The van der Waals surface area contributed by atoms with Crippen LogP contribution in [-0.2, 0) is 24.3 Å². The van der Waals surface area contributed by atoms with Crippen molar-refractivity contribution in [2.75, 3.05) is 54.8 Å². The SMILES string of the molecule is O=C(CS(=O)(=O)Nc1ccc(N2CCCCC2)cc1)N1CCC(C2OCCO2)CC1. The standard InChI is InChI=1S/C21H31N3O5S/c25-20(24-12-8-17(9-13-24)21-28-14-15-29-21)16-30(26,27)22-18-4-6-19(7-5-18)23-10-2-1-3-11-23/h4-7,17,21-22H,1-3,8-16H2. The van der Waals surface area contributed by atoms with Crippen LogP contribution in [0.2, 0.25) is 0 Å². The predicted octanol–water partition coefficient (Wildman–Crippen LogP) is 2.03. The molecular formula is C21H31N3O5S. The highest BCUT2D eigenvalue weighted by molar-refractivity contribution is 7.93. The lowest BCUT2D eigenvalue weighted by atomic mass is 9.96. The second-order valence-electron chi connectivity index (χ2n) is 8.28. The molecule has 1 N–H and O–H groups in total. The topological polar surface area (TPSA) is 88.2 Å². The number of benzene rings is 1. The molecule has 1 amide bonds. The van der Waals surface area contributed by atoms with Gasteiger partial charge in [-0.2, -0.15) is 0 Å². The van der Waals surface area contributed by atoms with Gasteiger partial charge in [0, 0.05) is 43.5 Å². The minimum Gasteiger partial charge on any atom is -0.372 e. The summed E-state index contributed by atoms with van der Waals surface area (Å²) in [7, 11) is -3.75. The highest BCUT2D eigenvalue weighted by Crippen LogP contribution is 2.26. The Morgan fingerprint density at radius 1 is 0.967 bits per heavy atom. The molecule has 3 aliphatic heterocycles.